The molecule has 1 aromatic heterocycles. The number of piperazine rings is 1. The van der Waals surface area contributed by atoms with Gasteiger partial charge in [-0.05, 0) is 15.9 Å². The van der Waals surface area contributed by atoms with Crippen LogP contribution in [0.4, 0.5) is 5.82 Å². The number of nitrogens with one attached hydrogen (secondary N) is 1. The summed E-state index contributed by atoms with van der Waals surface area (Å²) in [6.07, 6.45) is 2.66. The van der Waals surface area contributed by atoms with Crippen LogP contribution >= 0.6 is 15.9 Å². The first-order chi connectivity index (χ1) is 8.38. The zero-order valence-corrected chi connectivity index (χ0v) is 12.2. The Hall–Kier alpha value is -0.930. The van der Waals surface area contributed by atoms with Gasteiger partial charge in [0.15, 0.2) is 5.82 Å². The fourth-order valence-corrected chi connectivity index (χ4v) is 2.93. The second-order valence-electron chi connectivity index (χ2n) is 4.03. The van der Waals surface area contributed by atoms with Crippen LogP contribution < -0.4 is 10.5 Å². The van der Waals surface area contributed by atoms with Gasteiger partial charge in [0.2, 0.25) is 10.0 Å². The molecule has 1 aromatic rings. The van der Waals surface area contributed by atoms with Crippen LogP contribution in [-0.4, -0.2) is 55.1 Å². The average Bonchev–Trinajstić information content (AvgIpc) is 2.31. The number of nitrogens with zero attached hydrogens (tertiary/aromatic N) is 3. The summed E-state index contributed by atoms with van der Waals surface area (Å²) in [5.41, 5.74) is -0.272. The van der Waals surface area contributed by atoms with Gasteiger partial charge in [-0.25, -0.2) is 13.4 Å². The molecule has 2 rings (SSSR count). The number of H-pyrrole nitrogens is 1. The minimum absolute atomic E-state index is 0.272. The van der Waals surface area contributed by atoms with E-state index in [9.17, 15) is 13.2 Å². The standard InChI is InChI=1S/C9H13BrN4O3S/c1-18(16,17)14-4-2-13(3-5-14)8-9(15)11-6-7(10)12-8/h6H,2-5H2,1H3,(H,11,15). The van der Waals surface area contributed by atoms with Crippen LogP contribution in [0.3, 0.4) is 0 Å². The number of aromatic nitrogens is 2. The Morgan fingerprint density at radius 1 is 1.33 bits per heavy atom. The number of aromatic amines is 1. The van der Waals surface area contributed by atoms with Crippen LogP contribution in [0.15, 0.2) is 15.6 Å². The molecular formula is C9H13BrN4O3S. The molecule has 100 valence electrons. The van der Waals surface area contributed by atoms with Gasteiger partial charge in [-0.15, -0.1) is 0 Å². The van der Waals surface area contributed by atoms with E-state index in [1.807, 2.05) is 0 Å². The summed E-state index contributed by atoms with van der Waals surface area (Å²) in [6.45, 7) is 1.65. The molecule has 0 amide bonds. The number of sulfonamides is 1. The van der Waals surface area contributed by atoms with E-state index in [1.165, 1.54) is 16.8 Å². The molecule has 0 bridgehead atoms. The first-order valence-electron chi connectivity index (χ1n) is 5.33. The number of hydrogen-bond acceptors (Lipinski definition) is 5. The van der Waals surface area contributed by atoms with E-state index in [0.717, 1.165) is 0 Å². The van der Waals surface area contributed by atoms with Crippen LogP contribution in [0.25, 0.3) is 0 Å². The average molecular weight is 337 g/mol. The van der Waals surface area contributed by atoms with Gasteiger partial charge in [-0.2, -0.15) is 4.31 Å². The lowest BCUT2D eigenvalue weighted by Gasteiger charge is -2.33. The molecule has 1 aliphatic rings. The summed E-state index contributed by atoms with van der Waals surface area (Å²) in [6, 6.07) is 0. The number of hydrogen-bond donors (Lipinski definition) is 1. The van der Waals surface area contributed by atoms with Gasteiger partial charge in [0.25, 0.3) is 5.56 Å². The summed E-state index contributed by atoms with van der Waals surface area (Å²) in [5, 5.41) is 0. The van der Waals surface area contributed by atoms with E-state index in [-0.39, 0.29) is 5.56 Å². The second kappa shape index (κ2) is 4.98. The first-order valence-corrected chi connectivity index (χ1v) is 7.97. The third-order valence-electron chi connectivity index (χ3n) is 2.75. The van der Waals surface area contributed by atoms with E-state index in [4.69, 9.17) is 0 Å². The summed E-state index contributed by atoms with van der Waals surface area (Å²) in [4.78, 5) is 20.1. The molecule has 0 aliphatic carbocycles. The van der Waals surface area contributed by atoms with Gasteiger partial charge in [0.05, 0.1) is 6.26 Å². The van der Waals surface area contributed by atoms with Crippen molar-refractivity contribution in [1.82, 2.24) is 14.3 Å². The van der Waals surface area contributed by atoms with Crippen LogP contribution in [-0.2, 0) is 10.0 Å². The maximum atomic E-state index is 11.6. The first kappa shape index (κ1) is 13.5. The number of rotatable bonds is 2. The lowest BCUT2D eigenvalue weighted by molar-refractivity contribution is 0.386. The molecule has 18 heavy (non-hydrogen) atoms. The summed E-state index contributed by atoms with van der Waals surface area (Å²) in [7, 11) is -3.16. The van der Waals surface area contributed by atoms with Crippen LogP contribution in [0, 0.1) is 0 Å². The third kappa shape index (κ3) is 2.90. The van der Waals surface area contributed by atoms with E-state index in [0.29, 0.717) is 36.6 Å². The van der Waals surface area contributed by atoms with Gasteiger partial charge in [0.1, 0.15) is 4.60 Å². The van der Waals surface area contributed by atoms with E-state index < -0.39 is 10.0 Å². The maximum absolute atomic E-state index is 11.6. The molecule has 0 spiro atoms. The Balaban J connectivity index is 2.15. The number of anilines is 1. The van der Waals surface area contributed by atoms with Crippen molar-refractivity contribution in [3.63, 3.8) is 0 Å². The van der Waals surface area contributed by atoms with Gasteiger partial charge in [-0.1, -0.05) is 0 Å². The monoisotopic (exact) mass is 336 g/mol. The van der Waals surface area contributed by atoms with Crippen molar-refractivity contribution < 1.29 is 8.42 Å². The minimum atomic E-state index is -3.16. The van der Waals surface area contributed by atoms with Crippen molar-refractivity contribution in [1.29, 1.82) is 0 Å². The molecule has 0 unspecified atom stereocenters. The summed E-state index contributed by atoms with van der Waals surface area (Å²) < 4.78 is 24.7. The van der Waals surface area contributed by atoms with Crippen LogP contribution in [0.5, 0.6) is 0 Å². The van der Waals surface area contributed by atoms with E-state index >= 15 is 0 Å². The van der Waals surface area contributed by atoms with Crippen LogP contribution in [0.2, 0.25) is 0 Å². The van der Waals surface area contributed by atoms with Crippen molar-refractivity contribution in [3.05, 3.63) is 21.2 Å². The predicted octanol–water partition coefficient (Wildman–Crippen LogP) is -0.386. The second-order valence-corrected chi connectivity index (χ2v) is 6.82. The Morgan fingerprint density at radius 3 is 2.50 bits per heavy atom. The Labute approximate surface area is 113 Å². The highest BCUT2D eigenvalue weighted by Gasteiger charge is 2.25. The Morgan fingerprint density at radius 2 is 1.94 bits per heavy atom. The maximum Gasteiger partial charge on any atom is 0.290 e. The lowest BCUT2D eigenvalue weighted by Crippen LogP contribution is -2.49. The van der Waals surface area contributed by atoms with Crippen molar-refractivity contribution >= 4 is 31.8 Å². The molecule has 0 atom stereocenters. The lowest BCUT2D eigenvalue weighted by atomic mass is 10.3. The smallest absolute Gasteiger partial charge is 0.290 e. The largest absolute Gasteiger partial charge is 0.349 e. The fraction of sp³-hybridized carbons (Fsp3) is 0.556. The molecule has 1 N–H and O–H groups in total. The predicted molar refractivity (Wildman–Crippen MR) is 71.2 cm³/mol. The normalized spacial score (nSPS) is 18.0. The molecule has 2 heterocycles. The quantitative estimate of drug-likeness (QED) is 0.795. The highest BCUT2D eigenvalue weighted by atomic mass is 79.9. The van der Waals surface area contributed by atoms with Gasteiger partial charge in [0, 0.05) is 32.4 Å². The van der Waals surface area contributed by atoms with Gasteiger partial charge in [-0.3, -0.25) is 4.79 Å². The molecule has 1 saturated heterocycles. The molecule has 0 aromatic carbocycles. The van der Waals surface area contributed by atoms with Crippen LogP contribution in [0.1, 0.15) is 0 Å². The zero-order valence-electron chi connectivity index (χ0n) is 9.76. The topological polar surface area (TPSA) is 86.4 Å². The molecule has 7 nitrogen and oxygen atoms in total. The van der Waals surface area contributed by atoms with Crippen molar-refractivity contribution in [2.45, 2.75) is 0 Å². The zero-order chi connectivity index (χ0) is 13.3. The Kier molecular flexibility index (Phi) is 3.74. The molecule has 9 heteroatoms. The molecule has 1 aliphatic heterocycles. The SMILES string of the molecule is CS(=O)(=O)N1CCN(c2nc(Br)c[nH]c2=O)CC1. The highest BCUT2D eigenvalue weighted by Crippen LogP contribution is 2.13. The van der Waals surface area contributed by atoms with Gasteiger partial charge >= 0.3 is 0 Å². The van der Waals surface area contributed by atoms with Crippen molar-refractivity contribution in [2.24, 2.45) is 0 Å². The third-order valence-corrected chi connectivity index (χ3v) is 4.45. The number of halogens is 1. The molecule has 1 fully saturated rings. The van der Waals surface area contributed by atoms with E-state index in [1.54, 1.807) is 4.90 Å². The van der Waals surface area contributed by atoms with Crippen molar-refractivity contribution in [2.75, 3.05) is 37.3 Å². The Bertz CT molecular complexity index is 592. The van der Waals surface area contributed by atoms with E-state index in [2.05, 4.69) is 25.9 Å². The highest BCUT2D eigenvalue weighted by molar-refractivity contribution is 9.10. The molecule has 0 saturated carbocycles. The van der Waals surface area contributed by atoms with Crippen molar-refractivity contribution in [3.8, 4) is 0 Å². The van der Waals surface area contributed by atoms with Gasteiger partial charge < -0.3 is 9.88 Å². The summed E-state index contributed by atoms with van der Waals surface area (Å²) >= 11 is 3.19. The molecule has 0 radical (unpaired) electrons. The minimum Gasteiger partial charge on any atom is -0.349 e. The fourth-order valence-electron chi connectivity index (χ4n) is 1.82. The molecular weight excluding hydrogens is 324 g/mol. The summed E-state index contributed by atoms with van der Waals surface area (Å²) in [5.74, 6) is 0.317.